The Morgan fingerprint density at radius 3 is 2.11 bits per heavy atom. The van der Waals surface area contributed by atoms with Crippen LogP contribution in [0.5, 0.6) is 0 Å². The van der Waals surface area contributed by atoms with E-state index in [9.17, 15) is 5.53 Å². The molecule has 19 heavy (non-hydrogen) atoms. The average Bonchev–Trinajstić information content (AvgIpc) is 2.49. The van der Waals surface area contributed by atoms with Crippen molar-refractivity contribution in [3.8, 4) is 0 Å². The zero-order valence-corrected chi connectivity index (χ0v) is 11.0. The molecule has 3 heteroatoms. The van der Waals surface area contributed by atoms with Crippen molar-refractivity contribution in [3.63, 3.8) is 0 Å². The molecule has 0 saturated carbocycles. The summed E-state index contributed by atoms with van der Waals surface area (Å²) in [5.74, 6) is 0. The van der Waals surface area contributed by atoms with Crippen LogP contribution in [-0.4, -0.2) is 0 Å². The minimum Gasteiger partial charge on any atom is -0.350 e. The van der Waals surface area contributed by atoms with Gasteiger partial charge < -0.3 is 5.53 Å². The van der Waals surface area contributed by atoms with Gasteiger partial charge in [-0.25, -0.2) is 0 Å². The van der Waals surface area contributed by atoms with E-state index in [1.165, 1.54) is 5.39 Å². The molecule has 0 fully saturated rings. The van der Waals surface area contributed by atoms with Gasteiger partial charge in [0.1, 0.15) is 0 Å². The minimum absolute atomic E-state index is 0.634. The van der Waals surface area contributed by atoms with Crippen molar-refractivity contribution in [3.05, 3.63) is 78.3 Å². The van der Waals surface area contributed by atoms with Crippen molar-refractivity contribution in [1.82, 2.24) is 4.16 Å². The first-order chi connectivity index (χ1) is 9.38. The van der Waals surface area contributed by atoms with Gasteiger partial charge in [0.15, 0.2) is 0 Å². The smallest absolute Gasteiger partial charge is 0.223 e. The third kappa shape index (κ3) is 2.34. The van der Waals surface area contributed by atoms with E-state index in [0.29, 0.717) is 0 Å². The molecule has 92 valence electrons. The maximum Gasteiger partial charge on any atom is 0.223 e. The van der Waals surface area contributed by atoms with Crippen LogP contribution in [-0.2, 0) is 10.7 Å². The Bertz CT molecular complexity index is 775. The molecule has 0 radical (unpaired) electrons. The van der Waals surface area contributed by atoms with E-state index < -0.39 is 10.7 Å². The molecule has 0 bridgehead atoms. The Morgan fingerprint density at radius 2 is 1.37 bits per heavy atom. The normalized spacial score (nSPS) is 12.0. The van der Waals surface area contributed by atoms with Gasteiger partial charge in [0, 0.05) is 0 Å². The van der Waals surface area contributed by atoms with E-state index in [0.717, 1.165) is 15.2 Å². The topological polar surface area (TPSA) is 36.4 Å². The highest BCUT2D eigenvalue weighted by atomic mass is 32.2. The van der Waals surface area contributed by atoms with Crippen molar-refractivity contribution in [2.75, 3.05) is 0 Å². The summed E-state index contributed by atoms with van der Waals surface area (Å²) in [5, 5.41) is 2.36. The van der Waals surface area contributed by atoms with Crippen LogP contribution in [0.2, 0.25) is 0 Å². The van der Waals surface area contributed by atoms with Crippen molar-refractivity contribution in [2.24, 2.45) is 0 Å². The van der Waals surface area contributed by atoms with E-state index in [2.05, 4.69) is 28.4 Å². The number of hydrogen-bond donors (Lipinski definition) is 0. The summed E-state index contributed by atoms with van der Waals surface area (Å²) < 4.78 is 3.56. The average molecular weight is 264 g/mol. The Morgan fingerprint density at radius 1 is 0.684 bits per heavy atom. The highest BCUT2D eigenvalue weighted by Crippen LogP contribution is 2.21. The van der Waals surface area contributed by atoms with Gasteiger partial charge in [-0.05, 0) is 35.0 Å². The van der Waals surface area contributed by atoms with E-state index in [1.807, 2.05) is 48.5 Å². The SMILES string of the molecule is [N-]=[N+]=S(c1ccccc1)c1ccc2ccccc2c1. The molecule has 0 amide bonds. The lowest BCUT2D eigenvalue weighted by molar-refractivity contribution is 1.38. The Balaban J connectivity index is 2.15. The quantitative estimate of drug-likeness (QED) is 0.492. The summed E-state index contributed by atoms with van der Waals surface area (Å²) >= 11 is 0. The Kier molecular flexibility index (Phi) is 3.23. The van der Waals surface area contributed by atoms with Gasteiger partial charge in [-0.15, -0.1) is 4.16 Å². The van der Waals surface area contributed by atoms with Gasteiger partial charge in [-0.1, -0.05) is 48.5 Å². The van der Waals surface area contributed by atoms with Crippen LogP contribution >= 0.6 is 0 Å². The number of benzene rings is 3. The van der Waals surface area contributed by atoms with Gasteiger partial charge >= 0.3 is 0 Å². The molecule has 3 aromatic rings. The van der Waals surface area contributed by atoms with E-state index in [1.54, 1.807) is 0 Å². The fourth-order valence-electron chi connectivity index (χ4n) is 2.07. The van der Waals surface area contributed by atoms with E-state index in [-0.39, 0.29) is 0 Å². The first-order valence-electron chi connectivity index (χ1n) is 6.02. The van der Waals surface area contributed by atoms with Crippen LogP contribution < -0.4 is 4.16 Å². The van der Waals surface area contributed by atoms with E-state index in [4.69, 9.17) is 0 Å². The zero-order chi connectivity index (χ0) is 13.1. The lowest BCUT2D eigenvalue weighted by Gasteiger charge is -2.01. The first-order valence-corrected chi connectivity index (χ1v) is 7.20. The summed E-state index contributed by atoms with van der Waals surface area (Å²) in [4.78, 5) is 2.03. The summed E-state index contributed by atoms with van der Waals surface area (Å²) in [6.45, 7) is 0. The molecule has 1 atom stereocenters. The van der Waals surface area contributed by atoms with Gasteiger partial charge in [0.2, 0.25) is 10.7 Å². The third-order valence-electron chi connectivity index (χ3n) is 2.99. The van der Waals surface area contributed by atoms with Crippen LogP contribution in [0.3, 0.4) is 0 Å². The molecule has 0 aromatic heterocycles. The molecule has 0 aliphatic carbocycles. The van der Waals surface area contributed by atoms with Gasteiger partial charge in [0.25, 0.3) is 0 Å². The Labute approximate surface area is 114 Å². The molecule has 3 rings (SSSR count). The van der Waals surface area contributed by atoms with E-state index >= 15 is 0 Å². The van der Waals surface area contributed by atoms with Crippen LogP contribution in [0.1, 0.15) is 0 Å². The van der Waals surface area contributed by atoms with Crippen molar-refractivity contribution < 1.29 is 0 Å². The van der Waals surface area contributed by atoms with Crippen molar-refractivity contribution in [1.29, 1.82) is 0 Å². The maximum absolute atomic E-state index is 9.34. The predicted octanol–water partition coefficient (Wildman–Crippen LogP) is 4.15. The molecule has 0 N–H and O–H groups in total. The highest BCUT2D eigenvalue weighted by Gasteiger charge is 2.12. The number of nitrogens with zero attached hydrogens (tertiary/aromatic N) is 2. The second kappa shape index (κ2) is 5.19. The summed E-state index contributed by atoms with van der Waals surface area (Å²) in [6.07, 6.45) is 0. The van der Waals surface area contributed by atoms with Gasteiger partial charge in [0.05, 0.1) is 9.79 Å². The second-order valence-corrected chi connectivity index (χ2v) is 5.86. The summed E-state index contributed by atoms with van der Waals surface area (Å²) in [6, 6.07) is 24.2. The van der Waals surface area contributed by atoms with Crippen LogP contribution in [0.4, 0.5) is 0 Å². The summed E-state index contributed by atoms with van der Waals surface area (Å²) in [7, 11) is -0.634. The maximum atomic E-state index is 9.34. The van der Waals surface area contributed by atoms with Crippen molar-refractivity contribution >= 4 is 21.5 Å². The molecular formula is C16H12N2S. The Hall–Kier alpha value is -2.22. The lowest BCUT2D eigenvalue weighted by Crippen LogP contribution is -1.94. The van der Waals surface area contributed by atoms with Crippen molar-refractivity contribution in [2.45, 2.75) is 9.79 Å². The minimum atomic E-state index is -0.634. The molecule has 2 nitrogen and oxygen atoms in total. The molecular weight excluding hydrogens is 252 g/mol. The lowest BCUT2D eigenvalue weighted by atomic mass is 10.1. The van der Waals surface area contributed by atoms with Crippen LogP contribution in [0.15, 0.2) is 82.6 Å². The fraction of sp³-hybridized carbons (Fsp3) is 0. The highest BCUT2D eigenvalue weighted by molar-refractivity contribution is 7.86. The van der Waals surface area contributed by atoms with Crippen LogP contribution in [0.25, 0.3) is 16.3 Å². The molecule has 0 spiro atoms. The molecule has 0 aliphatic heterocycles. The van der Waals surface area contributed by atoms with Gasteiger partial charge in [-0.2, -0.15) is 0 Å². The second-order valence-electron chi connectivity index (χ2n) is 4.19. The molecule has 0 saturated heterocycles. The standard InChI is InChI=1S/C16H12N2S/c17-18-19(15-8-2-1-3-9-15)16-11-10-13-6-4-5-7-14(13)12-16/h1-12H. The number of hydrogen-bond acceptors (Lipinski definition) is 0. The number of fused-ring (bicyclic) bond motifs is 1. The summed E-state index contributed by atoms with van der Waals surface area (Å²) in [5.41, 5.74) is 9.34. The van der Waals surface area contributed by atoms with Gasteiger partial charge in [-0.3, -0.25) is 0 Å². The predicted molar refractivity (Wildman–Crippen MR) is 79.8 cm³/mol. The number of rotatable bonds is 2. The first kappa shape index (κ1) is 11.8. The molecule has 3 aromatic carbocycles. The molecule has 0 heterocycles. The van der Waals surface area contributed by atoms with Crippen LogP contribution in [0, 0.1) is 0 Å². The monoisotopic (exact) mass is 264 g/mol. The third-order valence-corrected chi connectivity index (χ3v) is 4.57. The zero-order valence-electron chi connectivity index (χ0n) is 10.2. The fourth-order valence-corrected chi connectivity index (χ4v) is 3.38. The molecule has 1 unspecified atom stereocenters. The largest absolute Gasteiger partial charge is 0.350 e. The molecule has 0 aliphatic rings.